The Morgan fingerprint density at radius 1 is 1.38 bits per heavy atom. The molecule has 0 saturated carbocycles. The van der Waals surface area contributed by atoms with Crippen LogP contribution in [0, 0.1) is 5.82 Å². The highest BCUT2D eigenvalue weighted by molar-refractivity contribution is 8.13. The summed E-state index contributed by atoms with van der Waals surface area (Å²) in [6.07, 6.45) is 2.09. The summed E-state index contributed by atoms with van der Waals surface area (Å²) in [5.41, 5.74) is 12.4. The zero-order valence-corrected chi connectivity index (χ0v) is 15.7. The van der Waals surface area contributed by atoms with Crippen molar-refractivity contribution in [3.05, 3.63) is 58.1 Å². The SMILES string of the molecule is CC1(c2cc(CC(=O)c3ncc(Cl)cc3N)ccc2F)CCSC(N)=N1. The van der Waals surface area contributed by atoms with Crippen LogP contribution in [0.3, 0.4) is 0 Å². The summed E-state index contributed by atoms with van der Waals surface area (Å²) in [5.74, 6) is 0.139. The number of hydrogen-bond donors (Lipinski definition) is 2. The van der Waals surface area contributed by atoms with E-state index in [4.69, 9.17) is 23.1 Å². The quantitative estimate of drug-likeness (QED) is 0.776. The number of pyridine rings is 1. The van der Waals surface area contributed by atoms with Gasteiger partial charge in [-0.1, -0.05) is 29.4 Å². The predicted octanol–water partition coefficient (Wildman–Crippen LogP) is 3.55. The summed E-state index contributed by atoms with van der Waals surface area (Å²) in [7, 11) is 0. The van der Waals surface area contributed by atoms with E-state index in [1.54, 1.807) is 12.1 Å². The first kappa shape index (κ1) is 18.7. The van der Waals surface area contributed by atoms with E-state index in [1.807, 2.05) is 6.92 Å². The number of nitrogens with two attached hydrogens (primary N) is 2. The number of amidine groups is 1. The van der Waals surface area contributed by atoms with Gasteiger partial charge in [0.15, 0.2) is 11.0 Å². The molecular weight excluding hydrogens is 375 g/mol. The molecule has 4 N–H and O–H groups in total. The minimum Gasteiger partial charge on any atom is -0.397 e. The van der Waals surface area contributed by atoms with E-state index in [0.29, 0.717) is 27.7 Å². The fourth-order valence-corrected chi connectivity index (χ4v) is 4.07. The molecule has 1 aliphatic rings. The van der Waals surface area contributed by atoms with Gasteiger partial charge >= 0.3 is 0 Å². The molecule has 5 nitrogen and oxygen atoms in total. The highest BCUT2D eigenvalue weighted by atomic mass is 35.5. The fourth-order valence-electron chi connectivity index (χ4n) is 2.93. The van der Waals surface area contributed by atoms with Gasteiger partial charge in [-0.05, 0) is 37.1 Å². The number of aromatic nitrogens is 1. The van der Waals surface area contributed by atoms with Crippen molar-refractivity contribution >= 4 is 40.0 Å². The molecule has 0 aliphatic carbocycles. The molecule has 1 aromatic carbocycles. The van der Waals surface area contributed by atoms with Crippen LogP contribution in [-0.2, 0) is 12.0 Å². The highest BCUT2D eigenvalue weighted by Crippen LogP contribution is 2.36. The number of nitrogen functional groups attached to an aromatic ring is 1. The van der Waals surface area contributed by atoms with Crippen LogP contribution in [0.1, 0.15) is 35.0 Å². The lowest BCUT2D eigenvalue weighted by molar-refractivity contribution is 0.0989. The van der Waals surface area contributed by atoms with Crippen molar-refractivity contribution in [2.24, 2.45) is 10.7 Å². The van der Waals surface area contributed by atoms with Crippen LogP contribution in [0.2, 0.25) is 5.02 Å². The maximum atomic E-state index is 14.4. The van der Waals surface area contributed by atoms with Crippen molar-refractivity contribution in [2.45, 2.75) is 25.3 Å². The Labute approximate surface area is 160 Å². The molecule has 136 valence electrons. The van der Waals surface area contributed by atoms with Crippen LogP contribution in [-0.4, -0.2) is 21.7 Å². The lowest BCUT2D eigenvalue weighted by atomic mass is 9.87. The van der Waals surface area contributed by atoms with Crippen LogP contribution in [0.25, 0.3) is 0 Å². The summed E-state index contributed by atoms with van der Waals surface area (Å²) in [4.78, 5) is 21.0. The van der Waals surface area contributed by atoms with Crippen LogP contribution in [0.5, 0.6) is 0 Å². The molecule has 0 spiro atoms. The first-order valence-electron chi connectivity index (χ1n) is 8.00. The zero-order valence-electron chi connectivity index (χ0n) is 14.1. The minimum absolute atomic E-state index is 0.0517. The molecule has 8 heteroatoms. The Kier molecular flexibility index (Phi) is 5.20. The largest absolute Gasteiger partial charge is 0.397 e. The Balaban J connectivity index is 1.90. The first-order valence-corrected chi connectivity index (χ1v) is 9.36. The third-order valence-corrected chi connectivity index (χ3v) is 5.32. The van der Waals surface area contributed by atoms with Gasteiger partial charge in [0.2, 0.25) is 0 Å². The van der Waals surface area contributed by atoms with Crippen molar-refractivity contribution < 1.29 is 9.18 Å². The summed E-state index contributed by atoms with van der Waals surface area (Å²) in [6.45, 7) is 1.85. The fraction of sp³-hybridized carbons (Fsp3) is 0.278. The number of ketones is 1. The van der Waals surface area contributed by atoms with Gasteiger partial charge in [0, 0.05) is 23.9 Å². The van der Waals surface area contributed by atoms with E-state index in [2.05, 4.69) is 9.98 Å². The average molecular weight is 393 g/mol. The molecule has 26 heavy (non-hydrogen) atoms. The number of rotatable bonds is 4. The predicted molar refractivity (Wildman–Crippen MR) is 104 cm³/mol. The van der Waals surface area contributed by atoms with E-state index in [-0.39, 0.29) is 29.4 Å². The Hall–Kier alpha value is -2.12. The summed E-state index contributed by atoms with van der Waals surface area (Å²) >= 11 is 7.27. The van der Waals surface area contributed by atoms with Crippen molar-refractivity contribution in [1.82, 2.24) is 4.98 Å². The van der Waals surface area contributed by atoms with E-state index in [0.717, 1.165) is 5.75 Å². The van der Waals surface area contributed by atoms with Gasteiger partial charge in [-0.2, -0.15) is 0 Å². The molecule has 0 radical (unpaired) electrons. The van der Waals surface area contributed by atoms with Gasteiger partial charge in [0.05, 0.1) is 16.2 Å². The molecule has 0 fully saturated rings. The van der Waals surface area contributed by atoms with Gasteiger partial charge in [0.25, 0.3) is 0 Å². The third-order valence-electron chi connectivity index (χ3n) is 4.32. The summed E-state index contributed by atoms with van der Waals surface area (Å²) in [5, 5.41) is 0.805. The number of Topliss-reactive ketones (excluding diaryl/α,β-unsaturated/α-hetero) is 1. The van der Waals surface area contributed by atoms with Gasteiger partial charge in [-0.3, -0.25) is 9.79 Å². The lowest BCUT2D eigenvalue weighted by Crippen LogP contribution is -2.29. The van der Waals surface area contributed by atoms with Gasteiger partial charge in [-0.25, -0.2) is 9.37 Å². The smallest absolute Gasteiger partial charge is 0.187 e. The number of hydrogen-bond acceptors (Lipinski definition) is 6. The van der Waals surface area contributed by atoms with Gasteiger partial charge < -0.3 is 11.5 Å². The summed E-state index contributed by atoms with van der Waals surface area (Å²) < 4.78 is 14.4. The van der Waals surface area contributed by atoms with Crippen LogP contribution >= 0.6 is 23.4 Å². The molecule has 1 unspecified atom stereocenters. The standard InChI is InChI=1S/C18H18ClFN4OS/c1-18(4-5-26-17(22)24-18)12-6-10(2-3-13(12)20)7-15(25)16-14(21)8-11(19)9-23-16/h2-3,6,8-9H,4-5,7,21H2,1H3,(H2,22,24). The van der Waals surface area contributed by atoms with E-state index >= 15 is 0 Å². The van der Waals surface area contributed by atoms with Crippen LogP contribution in [0.4, 0.5) is 10.1 Å². The van der Waals surface area contributed by atoms with Crippen LogP contribution < -0.4 is 11.5 Å². The third kappa shape index (κ3) is 3.83. The Bertz CT molecular complexity index is 905. The second kappa shape index (κ2) is 7.25. The normalized spacial score (nSPS) is 19.9. The summed E-state index contributed by atoms with van der Waals surface area (Å²) in [6, 6.07) is 6.09. The monoisotopic (exact) mass is 392 g/mol. The Morgan fingerprint density at radius 3 is 2.85 bits per heavy atom. The van der Waals surface area contributed by atoms with Gasteiger partial charge in [-0.15, -0.1) is 0 Å². The zero-order chi connectivity index (χ0) is 18.9. The highest BCUT2D eigenvalue weighted by Gasteiger charge is 2.32. The number of benzene rings is 1. The lowest BCUT2D eigenvalue weighted by Gasteiger charge is -2.30. The Morgan fingerprint density at radius 2 is 2.15 bits per heavy atom. The molecule has 1 aliphatic heterocycles. The molecule has 1 aromatic heterocycles. The van der Waals surface area contributed by atoms with Crippen LogP contribution in [0.15, 0.2) is 35.5 Å². The first-order chi connectivity index (χ1) is 12.3. The van der Waals surface area contributed by atoms with E-state index in [1.165, 1.54) is 30.1 Å². The number of aliphatic imine (C=N–C) groups is 1. The number of carbonyl (C=O) groups is 1. The van der Waals surface area contributed by atoms with E-state index in [9.17, 15) is 9.18 Å². The molecule has 1 atom stereocenters. The van der Waals surface area contributed by atoms with Crippen molar-refractivity contribution in [1.29, 1.82) is 0 Å². The van der Waals surface area contributed by atoms with Gasteiger partial charge in [0.1, 0.15) is 11.5 Å². The second-order valence-electron chi connectivity index (χ2n) is 6.33. The topological polar surface area (TPSA) is 94.4 Å². The number of halogens is 2. The maximum Gasteiger partial charge on any atom is 0.187 e. The number of nitrogens with zero attached hydrogens (tertiary/aromatic N) is 2. The number of anilines is 1. The molecule has 3 rings (SSSR count). The molecule has 0 saturated heterocycles. The average Bonchev–Trinajstić information content (AvgIpc) is 2.56. The molecule has 2 heterocycles. The number of thioether (sulfide) groups is 1. The molecule has 2 aromatic rings. The van der Waals surface area contributed by atoms with E-state index < -0.39 is 5.54 Å². The molecular formula is C18H18ClFN4OS. The maximum absolute atomic E-state index is 14.4. The second-order valence-corrected chi connectivity index (χ2v) is 7.88. The minimum atomic E-state index is -0.740. The molecule has 0 amide bonds. The van der Waals surface area contributed by atoms with Crippen molar-refractivity contribution in [3.63, 3.8) is 0 Å². The molecule has 0 bridgehead atoms. The van der Waals surface area contributed by atoms with Crippen molar-refractivity contribution in [2.75, 3.05) is 11.5 Å². The number of carbonyl (C=O) groups excluding carboxylic acids is 1. The van der Waals surface area contributed by atoms with Crippen molar-refractivity contribution in [3.8, 4) is 0 Å².